The summed E-state index contributed by atoms with van der Waals surface area (Å²) in [6.45, 7) is 0. The van der Waals surface area contributed by atoms with Crippen molar-refractivity contribution in [1.29, 1.82) is 0 Å². The number of benzene rings is 2. The van der Waals surface area contributed by atoms with Crippen LogP contribution in [0.15, 0.2) is 47.4 Å². The van der Waals surface area contributed by atoms with Crippen molar-refractivity contribution in [1.82, 2.24) is 0 Å². The first kappa shape index (κ1) is 14.3. The van der Waals surface area contributed by atoms with E-state index in [1.165, 1.54) is 43.1 Å². The van der Waals surface area contributed by atoms with Crippen LogP contribution in [-0.2, 0) is 5.75 Å². The number of rotatable bonds is 5. The number of non-ortho nitro benzene ring substituents is 1. The first-order valence-corrected chi connectivity index (χ1v) is 6.78. The average molecular weight is 293 g/mol. The van der Waals surface area contributed by atoms with Crippen LogP contribution in [0.1, 0.15) is 5.56 Å². The minimum Gasteiger partial charge on any atom is -0.496 e. The van der Waals surface area contributed by atoms with E-state index in [0.29, 0.717) is 11.5 Å². The fourth-order valence-corrected chi connectivity index (χ4v) is 2.56. The number of halogens is 1. The smallest absolute Gasteiger partial charge is 0.270 e. The van der Waals surface area contributed by atoms with Gasteiger partial charge in [0.2, 0.25) is 0 Å². The summed E-state index contributed by atoms with van der Waals surface area (Å²) in [5.74, 6) is 0.823. The minimum absolute atomic E-state index is 0.0282. The van der Waals surface area contributed by atoms with Gasteiger partial charge in [-0.15, -0.1) is 11.8 Å². The zero-order valence-corrected chi connectivity index (χ0v) is 11.5. The van der Waals surface area contributed by atoms with E-state index in [1.807, 2.05) is 0 Å². The lowest BCUT2D eigenvalue weighted by Gasteiger charge is -2.08. The molecule has 0 bridgehead atoms. The number of hydrogen-bond acceptors (Lipinski definition) is 4. The summed E-state index contributed by atoms with van der Waals surface area (Å²) >= 11 is 1.46. The van der Waals surface area contributed by atoms with E-state index in [9.17, 15) is 14.5 Å². The highest BCUT2D eigenvalue weighted by Gasteiger charge is 2.11. The fourth-order valence-electron chi connectivity index (χ4n) is 1.68. The maximum atomic E-state index is 12.8. The SMILES string of the molecule is COc1ccc([N+](=O)[O-])cc1CSc1ccc(F)cc1. The molecule has 20 heavy (non-hydrogen) atoms. The Labute approximate surface area is 119 Å². The number of thioether (sulfide) groups is 1. The quantitative estimate of drug-likeness (QED) is 0.474. The summed E-state index contributed by atoms with van der Waals surface area (Å²) in [4.78, 5) is 11.2. The molecule has 0 aromatic heterocycles. The molecule has 0 aliphatic carbocycles. The van der Waals surface area contributed by atoms with Crippen molar-refractivity contribution in [3.05, 3.63) is 64.0 Å². The van der Waals surface area contributed by atoms with Crippen LogP contribution in [0.25, 0.3) is 0 Å². The summed E-state index contributed by atoms with van der Waals surface area (Å²) in [6.07, 6.45) is 0. The Morgan fingerprint density at radius 2 is 1.95 bits per heavy atom. The van der Waals surface area contributed by atoms with Crippen molar-refractivity contribution in [2.24, 2.45) is 0 Å². The van der Waals surface area contributed by atoms with E-state index >= 15 is 0 Å². The van der Waals surface area contributed by atoms with Crippen molar-refractivity contribution >= 4 is 17.4 Å². The van der Waals surface area contributed by atoms with E-state index in [1.54, 1.807) is 18.2 Å². The van der Waals surface area contributed by atoms with E-state index in [0.717, 1.165) is 10.5 Å². The van der Waals surface area contributed by atoms with Crippen molar-refractivity contribution in [2.45, 2.75) is 10.6 Å². The van der Waals surface area contributed by atoms with Gasteiger partial charge >= 0.3 is 0 Å². The van der Waals surface area contributed by atoms with Crippen LogP contribution in [0.2, 0.25) is 0 Å². The maximum absolute atomic E-state index is 12.8. The van der Waals surface area contributed by atoms with Crippen LogP contribution >= 0.6 is 11.8 Å². The number of methoxy groups -OCH3 is 1. The zero-order chi connectivity index (χ0) is 14.5. The van der Waals surface area contributed by atoms with E-state index < -0.39 is 4.92 Å². The Balaban J connectivity index is 2.16. The highest BCUT2D eigenvalue weighted by atomic mass is 32.2. The second kappa shape index (κ2) is 6.38. The van der Waals surface area contributed by atoms with Crippen LogP contribution in [0, 0.1) is 15.9 Å². The predicted octanol–water partition coefficient (Wildman–Crippen LogP) is 4.03. The molecule has 0 fully saturated rings. The van der Waals surface area contributed by atoms with Crippen LogP contribution in [-0.4, -0.2) is 12.0 Å². The highest BCUT2D eigenvalue weighted by Crippen LogP contribution is 2.30. The highest BCUT2D eigenvalue weighted by molar-refractivity contribution is 7.98. The molecular weight excluding hydrogens is 281 g/mol. The Bertz CT molecular complexity index is 616. The summed E-state index contributed by atoms with van der Waals surface area (Å²) in [7, 11) is 1.52. The van der Waals surface area contributed by atoms with Gasteiger partial charge in [-0.1, -0.05) is 0 Å². The molecule has 0 unspecified atom stereocenters. The van der Waals surface area contributed by atoms with Crippen molar-refractivity contribution in [3.8, 4) is 5.75 Å². The molecule has 2 rings (SSSR count). The standard InChI is InChI=1S/C14H12FNO3S/c1-19-14-7-4-12(16(17)18)8-10(14)9-20-13-5-2-11(15)3-6-13/h2-8H,9H2,1H3. The molecule has 0 N–H and O–H groups in total. The van der Waals surface area contributed by atoms with E-state index in [4.69, 9.17) is 4.74 Å². The molecule has 0 spiro atoms. The van der Waals surface area contributed by atoms with Crippen LogP contribution in [0.5, 0.6) is 5.75 Å². The van der Waals surface area contributed by atoms with Gasteiger partial charge in [-0.3, -0.25) is 10.1 Å². The Morgan fingerprint density at radius 1 is 1.25 bits per heavy atom. The van der Waals surface area contributed by atoms with Crippen LogP contribution < -0.4 is 4.74 Å². The third-order valence-corrected chi connectivity index (χ3v) is 3.74. The molecule has 0 saturated heterocycles. The maximum Gasteiger partial charge on any atom is 0.270 e. The van der Waals surface area contributed by atoms with E-state index in [2.05, 4.69) is 0 Å². The Hall–Kier alpha value is -2.08. The second-order valence-corrected chi connectivity index (χ2v) is 5.04. The molecule has 0 heterocycles. The molecule has 0 saturated carbocycles. The molecule has 2 aromatic rings. The molecule has 0 aliphatic heterocycles. The monoisotopic (exact) mass is 293 g/mol. The molecule has 0 atom stereocenters. The molecular formula is C14H12FNO3S. The van der Waals surface area contributed by atoms with Gasteiger partial charge in [0.1, 0.15) is 11.6 Å². The van der Waals surface area contributed by atoms with Gasteiger partial charge in [-0.2, -0.15) is 0 Å². The lowest BCUT2D eigenvalue weighted by atomic mass is 10.2. The number of nitrogens with zero attached hydrogens (tertiary/aromatic N) is 1. The summed E-state index contributed by atoms with van der Waals surface area (Å²) in [6, 6.07) is 10.6. The van der Waals surface area contributed by atoms with Gasteiger partial charge in [0.05, 0.1) is 12.0 Å². The summed E-state index contributed by atoms with van der Waals surface area (Å²) in [5.41, 5.74) is 0.761. The topological polar surface area (TPSA) is 52.4 Å². The van der Waals surface area contributed by atoms with Gasteiger partial charge in [-0.05, 0) is 30.3 Å². The first-order valence-electron chi connectivity index (χ1n) is 5.80. The minimum atomic E-state index is -0.439. The number of hydrogen-bond donors (Lipinski definition) is 0. The van der Waals surface area contributed by atoms with Crippen molar-refractivity contribution in [2.75, 3.05) is 7.11 Å². The Kier molecular flexibility index (Phi) is 4.57. The van der Waals surface area contributed by atoms with Gasteiger partial charge in [0, 0.05) is 28.3 Å². The van der Waals surface area contributed by atoms with Gasteiger partial charge < -0.3 is 4.74 Å². The first-order chi connectivity index (χ1) is 9.60. The molecule has 6 heteroatoms. The molecule has 0 amide bonds. The van der Waals surface area contributed by atoms with Gasteiger partial charge in [0.25, 0.3) is 5.69 Å². The normalized spacial score (nSPS) is 10.3. The summed E-state index contributed by atoms with van der Waals surface area (Å²) in [5, 5.41) is 10.8. The predicted molar refractivity (Wildman–Crippen MR) is 75.6 cm³/mol. The molecule has 0 radical (unpaired) electrons. The largest absolute Gasteiger partial charge is 0.496 e. The molecule has 104 valence electrons. The lowest BCUT2D eigenvalue weighted by molar-refractivity contribution is -0.384. The zero-order valence-electron chi connectivity index (χ0n) is 10.7. The van der Waals surface area contributed by atoms with Crippen LogP contribution in [0.3, 0.4) is 0 Å². The molecule has 4 nitrogen and oxygen atoms in total. The van der Waals surface area contributed by atoms with Gasteiger partial charge in [0.15, 0.2) is 0 Å². The molecule has 2 aromatic carbocycles. The third-order valence-electron chi connectivity index (χ3n) is 2.68. The molecule has 0 aliphatic rings. The van der Waals surface area contributed by atoms with Crippen molar-refractivity contribution in [3.63, 3.8) is 0 Å². The fraction of sp³-hybridized carbons (Fsp3) is 0.143. The third kappa shape index (κ3) is 3.48. The lowest BCUT2D eigenvalue weighted by Crippen LogP contribution is -1.94. The van der Waals surface area contributed by atoms with E-state index in [-0.39, 0.29) is 11.5 Å². The summed E-state index contributed by atoms with van der Waals surface area (Å²) < 4.78 is 18.0. The Morgan fingerprint density at radius 3 is 2.55 bits per heavy atom. The van der Waals surface area contributed by atoms with Crippen molar-refractivity contribution < 1.29 is 14.1 Å². The number of nitro benzene ring substituents is 1. The number of nitro groups is 1. The van der Waals surface area contributed by atoms with Gasteiger partial charge in [-0.25, -0.2) is 4.39 Å². The second-order valence-electron chi connectivity index (χ2n) is 4.00. The number of ether oxygens (including phenoxy) is 1. The van der Waals surface area contributed by atoms with Crippen LogP contribution in [0.4, 0.5) is 10.1 Å². The average Bonchev–Trinajstić information content (AvgIpc) is 2.46.